The van der Waals surface area contributed by atoms with Crippen LogP contribution in [0, 0.1) is 0 Å². The molecule has 0 bridgehead atoms. The van der Waals surface area contributed by atoms with Gasteiger partial charge in [-0.1, -0.05) is 0 Å². The van der Waals surface area contributed by atoms with Gasteiger partial charge in [0.05, 0.1) is 21.3 Å². The smallest absolute Gasteiger partial charge is 0.325 e. The minimum absolute atomic E-state index is 0.311. The summed E-state index contributed by atoms with van der Waals surface area (Å²) in [6, 6.07) is 5.54. The third-order valence-electron chi connectivity index (χ3n) is 2.90. The van der Waals surface area contributed by atoms with Crippen molar-refractivity contribution >= 4 is 5.97 Å². The van der Waals surface area contributed by atoms with E-state index in [1.807, 2.05) is 18.2 Å². The number of methoxy groups -OCH3 is 3. The second-order valence-electron chi connectivity index (χ2n) is 4.65. The molecule has 0 amide bonds. The predicted molar refractivity (Wildman–Crippen MR) is 72.5 cm³/mol. The van der Waals surface area contributed by atoms with Crippen LogP contribution in [-0.4, -0.2) is 32.8 Å². The lowest BCUT2D eigenvalue weighted by molar-refractivity contribution is -0.147. The van der Waals surface area contributed by atoms with Crippen LogP contribution in [0.2, 0.25) is 0 Å². The third kappa shape index (κ3) is 3.86. The van der Waals surface area contributed by atoms with Crippen LogP contribution in [0.4, 0.5) is 0 Å². The molecular weight excluding hydrogens is 246 g/mol. The lowest BCUT2D eigenvalue weighted by Crippen LogP contribution is -2.47. The van der Waals surface area contributed by atoms with Gasteiger partial charge in [0.25, 0.3) is 0 Å². The van der Waals surface area contributed by atoms with Gasteiger partial charge < -0.3 is 14.2 Å². The Morgan fingerprint density at radius 3 is 2.42 bits per heavy atom. The second-order valence-corrected chi connectivity index (χ2v) is 4.65. The number of carbonyl (C=O) groups excluding carboxylic acids is 1. The number of ether oxygens (including phenoxy) is 3. The van der Waals surface area contributed by atoms with Crippen molar-refractivity contribution < 1.29 is 19.0 Å². The van der Waals surface area contributed by atoms with Gasteiger partial charge >= 0.3 is 5.97 Å². The molecule has 0 aromatic heterocycles. The van der Waals surface area contributed by atoms with Crippen molar-refractivity contribution in [1.82, 2.24) is 5.32 Å². The molecule has 5 heteroatoms. The Morgan fingerprint density at radius 1 is 1.21 bits per heavy atom. The summed E-state index contributed by atoms with van der Waals surface area (Å²) in [5.74, 6) is 1.18. The number of nitrogens with one attached hydrogen (secondary N) is 1. The summed E-state index contributed by atoms with van der Waals surface area (Å²) in [7, 11) is 4.59. The first-order valence-electron chi connectivity index (χ1n) is 5.99. The molecule has 0 saturated heterocycles. The number of hydrogen-bond donors (Lipinski definition) is 1. The number of carbonyl (C=O) groups is 1. The maximum Gasteiger partial charge on any atom is 0.325 e. The Bertz CT molecular complexity index is 443. The summed E-state index contributed by atoms with van der Waals surface area (Å²) in [6.07, 6.45) is 0. The number of benzene rings is 1. The topological polar surface area (TPSA) is 56.8 Å². The van der Waals surface area contributed by atoms with Crippen molar-refractivity contribution in [1.29, 1.82) is 0 Å². The highest BCUT2D eigenvalue weighted by Gasteiger charge is 2.28. The summed E-state index contributed by atoms with van der Waals surface area (Å²) in [5.41, 5.74) is 0.155. The maximum atomic E-state index is 11.6. The number of esters is 1. The molecule has 0 heterocycles. The lowest BCUT2D eigenvalue weighted by atomic mass is 10.1. The van der Waals surface area contributed by atoms with Crippen molar-refractivity contribution in [2.75, 3.05) is 21.3 Å². The van der Waals surface area contributed by atoms with Crippen molar-refractivity contribution in [3.8, 4) is 11.5 Å². The van der Waals surface area contributed by atoms with Crippen LogP contribution in [-0.2, 0) is 16.1 Å². The molecular formula is C14H21NO4. The Balaban J connectivity index is 2.84. The Labute approximate surface area is 113 Å². The molecule has 0 fully saturated rings. The number of hydrogen-bond acceptors (Lipinski definition) is 5. The molecule has 1 N–H and O–H groups in total. The molecule has 0 radical (unpaired) electrons. The molecule has 0 saturated carbocycles. The molecule has 5 nitrogen and oxygen atoms in total. The Kier molecular flexibility index (Phi) is 5.18. The van der Waals surface area contributed by atoms with Crippen LogP contribution in [0.3, 0.4) is 0 Å². The quantitative estimate of drug-likeness (QED) is 0.796. The molecule has 1 aromatic rings. The Morgan fingerprint density at radius 2 is 1.89 bits per heavy atom. The molecule has 0 aliphatic carbocycles. The van der Waals surface area contributed by atoms with E-state index in [2.05, 4.69) is 5.32 Å². The maximum absolute atomic E-state index is 11.6. The fourth-order valence-electron chi connectivity index (χ4n) is 1.66. The summed E-state index contributed by atoms with van der Waals surface area (Å²) in [5, 5.41) is 3.14. The summed E-state index contributed by atoms with van der Waals surface area (Å²) in [6.45, 7) is 4.01. The van der Waals surface area contributed by atoms with Gasteiger partial charge in [0, 0.05) is 12.1 Å². The highest BCUT2D eigenvalue weighted by molar-refractivity contribution is 5.79. The van der Waals surface area contributed by atoms with Gasteiger partial charge in [0.2, 0.25) is 0 Å². The van der Waals surface area contributed by atoms with E-state index in [1.54, 1.807) is 28.1 Å². The molecule has 19 heavy (non-hydrogen) atoms. The standard InChI is InChI=1S/C14H21NO4/c1-14(2,13(16)19-5)15-9-10-8-11(17-3)6-7-12(10)18-4/h6-8,15H,9H2,1-5H3. The zero-order chi connectivity index (χ0) is 14.5. The predicted octanol–water partition coefficient (Wildman–Crippen LogP) is 1.74. The van der Waals surface area contributed by atoms with Gasteiger partial charge in [-0.3, -0.25) is 10.1 Å². The highest BCUT2D eigenvalue weighted by Crippen LogP contribution is 2.24. The first kappa shape index (κ1) is 15.3. The van der Waals surface area contributed by atoms with E-state index >= 15 is 0 Å². The Hall–Kier alpha value is -1.75. The van der Waals surface area contributed by atoms with Crippen LogP contribution in [0.15, 0.2) is 18.2 Å². The average Bonchev–Trinajstić information content (AvgIpc) is 2.43. The fraction of sp³-hybridized carbons (Fsp3) is 0.500. The largest absolute Gasteiger partial charge is 0.497 e. The van der Waals surface area contributed by atoms with Crippen LogP contribution in [0.25, 0.3) is 0 Å². The molecule has 1 aromatic carbocycles. The lowest BCUT2D eigenvalue weighted by Gasteiger charge is -2.23. The third-order valence-corrected chi connectivity index (χ3v) is 2.90. The van der Waals surface area contributed by atoms with Crippen LogP contribution in [0.5, 0.6) is 11.5 Å². The molecule has 0 atom stereocenters. The molecule has 1 rings (SSSR count). The van der Waals surface area contributed by atoms with E-state index in [0.29, 0.717) is 6.54 Å². The molecule has 0 aliphatic heterocycles. The van der Waals surface area contributed by atoms with E-state index in [-0.39, 0.29) is 5.97 Å². The van der Waals surface area contributed by atoms with Crippen molar-refractivity contribution in [2.24, 2.45) is 0 Å². The highest BCUT2D eigenvalue weighted by atomic mass is 16.5. The molecule has 0 aliphatic rings. The second kappa shape index (κ2) is 6.43. The van der Waals surface area contributed by atoms with Gasteiger partial charge in [-0.15, -0.1) is 0 Å². The fourth-order valence-corrected chi connectivity index (χ4v) is 1.66. The van der Waals surface area contributed by atoms with Gasteiger partial charge in [-0.25, -0.2) is 0 Å². The van der Waals surface area contributed by atoms with Crippen LogP contribution in [0.1, 0.15) is 19.4 Å². The van der Waals surface area contributed by atoms with Crippen molar-refractivity contribution in [2.45, 2.75) is 25.9 Å². The van der Waals surface area contributed by atoms with Crippen LogP contribution >= 0.6 is 0 Å². The van der Waals surface area contributed by atoms with Gasteiger partial charge in [0.1, 0.15) is 17.0 Å². The van der Waals surface area contributed by atoms with E-state index in [1.165, 1.54) is 7.11 Å². The average molecular weight is 267 g/mol. The van der Waals surface area contributed by atoms with Gasteiger partial charge in [-0.05, 0) is 32.0 Å². The zero-order valence-electron chi connectivity index (χ0n) is 12.1. The van der Waals surface area contributed by atoms with Gasteiger partial charge in [-0.2, -0.15) is 0 Å². The minimum atomic E-state index is -0.761. The zero-order valence-corrected chi connectivity index (χ0v) is 12.1. The van der Waals surface area contributed by atoms with Crippen LogP contribution < -0.4 is 14.8 Å². The minimum Gasteiger partial charge on any atom is -0.497 e. The first-order chi connectivity index (χ1) is 8.94. The summed E-state index contributed by atoms with van der Waals surface area (Å²) < 4.78 is 15.2. The van der Waals surface area contributed by atoms with E-state index < -0.39 is 5.54 Å². The van der Waals surface area contributed by atoms with E-state index in [0.717, 1.165) is 17.1 Å². The summed E-state index contributed by atoms with van der Waals surface area (Å²) >= 11 is 0. The van der Waals surface area contributed by atoms with E-state index in [9.17, 15) is 4.79 Å². The molecule has 0 spiro atoms. The SMILES string of the molecule is COC(=O)C(C)(C)NCc1cc(OC)ccc1OC. The van der Waals surface area contributed by atoms with Gasteiger partial charge in [0.15, 0.2) is 0 Å². The number of rotatable bonds is 6. The first-order valence-corrected chi connectivity index (χ1v) is 5.99. The van der Waals surface area contributed by atoms with E-state index in [4.69, 9.17) is 14.2 Å². The van der Waals surface area contributed by atoms with Crippen molar-refractivity contribution in [3.63, 3.8) is 0 Å². The molecule has 0 unspecified atom stereocenters. The summed E-state index contributed by atoms with van der Waals surface area (Å²) in [4.78, 5) is 11.6. The van der Waals surface area contributed by atoms with Crippen molar-refractivity contribution in [3.05, 3.63) is 23.8 Å². The monoisotopic (exact) mass is 267 g/mol. The molecule has 106 valence electrons. The normalized spacial score (nSPS) is 11.0.